The maximum absolute atomic E-state index is 12.5. The molecule has 2 aromatic carbocycles. The molecule has 0 unspecified atom stereocenters. The molecular formula is C22H23ClN2O4. The van der Waals surface area contributed by atoms with Gasteiger partial charge in [-0.05, 0) is 35.9 Å². The van der Waals surface area contributed by atoms with Gasteiger partial charge in [0.05, 0.1) is 5.02 Å². The summed E-state index contributed by atoms with van der Waals surface area (Å²) in [4.78, 5) is 16.7. The minimum absolute atomic E-state index is 0.000949. The minimum atomic E-state index is -0.000949. The van der Waals surface area contributed by atoms with Crippen LogP contribution in [0.25, 0.3) is 6.08 Å². The minimum Gasteiger partial charge on any atom is -0.492 e. The number of hydrogen-bond acceptors (Lipinski definition) is 5. The lowest BCUT2D eigenvalue weighted by Gasteiger charge is -2.34. The summed E-state index contributed by atoms with van der Waals surface area (Å²) in [5.74, 6) is 2.05. The van der Waals surface area contributed by atoms with Crippen LogP contribution in [0.3, 0.4) is 0 Å². The number of carbonyl (C=O) groups is 1. The maximum atomic E-state index is 12.5. The molecule has 0 N–H and O–H groups in total. The number of ether oxygens (including phenoxy) is 3. The Morgan fingerprint density at radius 1 is 1.10 bits per heavy atom. The molecule has 0 atom stereocenters. The Morgan fingerprint density at radius 3 is 2.69 bits per heavy atom. The smallest absolute Gasteiger partial charge is 0.246 e. The van der Waals surface area contributed by atoms with Crippen molar-refractivity contribution in [3.8, 4) is 17.2 Å². The summed E-state index contributed by atoms with van der Waals surface area (Å²) in [6, 6.07) is 13.4. The first-order valence-electron chi connectivity index (χ1n) is 9.65. The average molecular weight is 415 g/mol. The van der Waals surface area contributed by atoms with Crippen molar-refractivity contribution in [2.45, 2.75) is 0 Å². The molecule has 0 spiro atoms. The topological polar surface area (TPSA) is 51.2 Å². The highest BCUT2D eigenvalue weighted by molar-refractivity contribution is 6.32. The number of halogens is 1. The summed E-state index contributed by atoms with van der Waals surface area (Å²) in [7, 11) is 0. The Labute approximate surface area is 175 Å². The zero-order valence-corrected chi connectivity index (χ0v) is 16.8. The fourth-order valence-corrected chi connectivity index (χ4v) is 3.63. The van der Waals surface area contributed by atoms with Crippen LogP contribution in [0.5, 0.6) is 17.2 Å². The van der Waals surface area contributed by atoms with Crippen LogP contribution >= 0.6 is 11.6 Å². The van der Waals surface area contributed by atoms with Crippen molar-refractivity contribution >= 4 is 23.6 Å². The zero-order chi connectivity index (χ0) is 20.1. The van der Waals surface area contributed by atoms with Crippen LogP contribution in [0.15, 0.2) is 48.5 Å². The van der Waals surface area contributed by atoms with Gasteiger partial charge in [-0.2, -0.15) is 0 Å². The number of piperazine rings is 1. The van der Waals surface area contributed by atoms with Crippen molar-refractivity contribution < 1.29 is 19.0 Å². The van der Waals surface area contributed by atoms with Gasteiger partial charge < -0.3 is 19.1 Å². The second kappa shape index (κ2) is 9.20. The summed E-state index contributed by atoms with van der Waals surface area (Å²) in [6.07, 6.45) is 3.35. The van der Waals surface area contributed by atoms with Crippen molar-refractivity contribution in [2.24, 2.45) is 0 Å². The molecule has 2 aliphatic rings. The van der Waals surface area contributed by atoms with Crippen LogP contribution in [-0.2, 0) is 4.79 Å². The van der Waals surface area contributed by atoms with E-state index < -0.39 is 0 Å². The van der Waals surface area contributed by atoms with E-state index >= 15 is 0 Å². The number of benzene rings is 2. The van der Waals surface area contributed by atoms with Gasteiger partial charge in [0.1, 0.15) is 12.4 Å². The van der Waals surface area contributed by atoms with Gasteiger partial charge in [-0.3, -0.25) is 9.69 Å². The summed E-state index contributed by atoms with van der Waals surface area (Å²) < 4.78 is 16.4. The van der Waals surface area contributed by atoms with Gasteiger partial charge in [-0.1, -0.05) is 29.8 Å². The molecule has 0 aliphatic carbocycles. The van der Waals surface area contributed by atoms with Crippen LogP contribution in [0.4, 0.5) is 0 Å². The number of hydrogen-bond donors (Lipinski definition) is 0. The molecule has 0 aromatic heterocycles. The average Bonchev–Trinajstić information content (AvgIpc) is 3.23. The molecule has 6 nitrogen and oxygen atoms in total. The normalized spacial score (nSPS) is 16.4. The summed E-state index contributed by atoms with van der Waals surface area (Å²) in [5, 5.41) is 0.485. The van der Waals surface area contributed by atoms with E-state index in [2.05, 4.69) is 4.90 Å². The Hall–Kier alpha value is -2.70. The fourth-order valence-electron chi connectivity index (χ4n) is 3.36. The monoisotopic (exact) mass is 414 g/mol. The number of fused-ring (bicyclic) bond motifs is 1. The third kappa shape index (κ3) is 5.02. The summed E-state index contributed by atoms with van der Waals surface area (Å²) in [5.41, 5.74) is 0.810. The molecule has 0 radical (unpaired) electrons. The van der Waals surface area contributed by atoms with Gasteiger partial charge in [0.2, 0.25) is 12.7 Å². The SMILES string of the molecule is O=C(/C=C/c1cc(Cl)c2c(c1)OCO2)N1CCN(CCOc2ccccc2)CC1. The van der Waals surface area contributed by atoms with E-state index in [0.29, 0.717) is 36.2 Å². The van der Waals surface area contributed by atoms with Crippen LogP contribution < -0.4 is 14.2 Å². The predicted molar refractivity (Wildman–Crippen MR) is 112 cm³/mol. The van der Waals surface area contributed by atoms with Gasteiger partial charge in [0.25, 0.3) is 0 Å². The van der Waals surface area contributed by atoms with Crippen molar-refractivity contribution in [2.75, 3.05) is 46.1 Å². The third-order valence-corrected chi connectivity index (χ3v) is 5.25. The Kier molecular flexibility index (Phi) is 6.22. The predicted octanol–water partition coefficient (Wildman–Crippen LogP) is 3.31. The van der Waals surface area contributed by atoms with E-state index in [4.69, 9.17) is 25.8 Å². The molecule has 1 fully saturated rings. The highest BCUT2D eigenvalue weighted by Gasteiger charge is 2.20. The Balaban J connectivity index is 1.23. The van der Waals surface area contributed by atoms with Gasteiger partial charge in [-0.15, -0.1) is 0 Å². The molecule has 4 rings (SSSR count). The molecule has 0 bridgehead atoms. The van der Waals surface area contributed by atoms with Crippen LogP contribution in [0.1, 0.15) is 5.56 Å². The lowest BCUT2D eigenvalue weighted by molar-refractivity contribution is -0.127. The summed E-state index contributed by atoms with van der Waals surface area (Å²) in [6.45, 7) is 4.75. The molecule has 2 aliphatic heterocycles. The quantitative estimate of drug-likeness (QED) is 0.679. The highest BCUT2D eigenvalue weighted by Crippen LogP contribution is 2.40. The maximum Gasteiger partial charge on any atom is 0.246 e. The Bertz CT molecular complexity index is 880. The van der Waals surface area contributed by atoms with Gasteiger partial charge in [0.15, 0.2) is 11.5 Å². The summed E-state index contributed by atoms with van der Waals surface area (Å²) >= 11 is 6.19. The first-order valence-corrected chi connectivity index (χ1v) is 10.0. The highest BCUT2D eigenvalue weighted by atomic mass is 35.5. The number of para-hydroxylation sites is 1. The zero-order valence-electron chi connectivity index (χ0n) is 16.1. The number of nitrogens with zero attached hydrogens (tertiary/aromatic N) is 2. The van der Waals surface area contributed by atoms with Gasteiger partial charge in [0, 0.05) is 38.8 Å². The van der Waals surface area contributed by atoms with Gasteiger partial charge in [-0.25, -0.2) is 0 Å². The van der Waals surface area contributed by atoms with Crippen LogP contribution in [0.2, 0.25) is 5.02 Å². The van der Waals surface area contributed by atoms with E-state index in [1.54, 1.807) is 18.2 Å². The van der Waals surface area contributed by atoms with E-state index in [0.717, 1.165) is 30.9 Å². The third-order valence-electron chi connectivity index (χ3n) is 4.97. The van der Waals surface area contributed by atoms with Crippen LogP contribution in [-0.4, -0.2) is 61.8 Å². The first-order chi connectivity index (χ1) is 14.2. The Morgan fingerprint density at radius 2 is 1.90 bits per heavy atom. The van der Waals surface area contributed by atoms with E-state index in [1.165, 1.54) is 0 Å². The fraction of sp³-hybridized carbons (Fsp3) is 0.318. The number of carbonyl (C=O) groups excluding carboxylic acids is 1. The molecule has 152 valence electrons. The lowest BCUT2D eigenvalue weighted by atomic mass is 10.2. The van der Waals surface area contributed by atoms with E-state index in [-0.39, 0.29) is 12.7 Å². The molecule has 2 heterocycles. The number of rotatable bonds is 6. The second-order valence-electron chi connectivity index (χ2n) is 6.90. The molecule has 2 aromatic rings. The molecule has 0 saturated carbocycles. The second-order valence-corrected chi connectivity index (χ2v) is 7.31. The van der Waals surface area contributed by atoms with Gasteiger partial charge >= 0.3 is 0 Å². The molecule has 1 amide bonds. The van der Waals surface area contributed by atoms with Crippen molar-refractivity contribution in [3.05, 3.63) is 59.1 Å². The molecular weight excluding hydrogens is 392 g/mol. The molecule has 1 saturated heterocycles. The van der Waals surface area contributed by atoms with Crippen molar-refractivity contribution in [3.63, 3.8) is 0 Å². The van der Waals surface area contributed by atoms with Crippen LogP contribution in [0, 0.1) is 0 Å². The van der Waals surface area contributed by atoms with Crippen molar-refractivity contribution in [1.82, 2.24) is 9.80 Å². The van der Waals surface area contributed by atoms with E-state index in [1.807, 2.05) is 41.3 Å². The standard InChI is InChI=1S/C22H23ClN2O4/c23-19-14-17(15-20-22(19)29-16-28-20)6-7-21(26)25-10-8-24(9-11-25)12-13-27-18-4-2-1-3-5-18/h1-7,14-15H,8-13,16H2/b7-6+. The molecule has 29 heavy (non-hydrogen) atoms. The number of amides is 1. The largest absolute Gasteiger partial charge is 0.492 e. The molecule has 7 heteroatoms. The first kappa shape index (κ1) is 19.6. The van der Waals surface area contributed by atoms with Crippen molar-refractivity contribution in [1.29, 1.82) is 0 Å². The lowest BCUT2D eigenvalue weighted by Crippen LogP contribution is -2.49. The van der Waals surface area contributed by atoms with E-state index in [9.17, 15) is 4.79 Å².